The molecule has 2 aliphatic carbocycles. The number of thiophene rings is 1. The summed E-state index contributed by atoms with van der Waals surface area (Å²) in [6.07, 6.45) is 7.38. The van der Waals surface area contributed by atoms with E-state index in [2.05, 4.69) is 11.9 Å². The molecule has 0 aromatic carbocycles. The molecule has 3 heterocycles. The van der Waals surface area contributed by atoms with Gasteiger partial charge in [-0.05, 0) is 44.1 Å². The third kappa shape index (κ3) is 3.66. The molecule has 2 fully saturated rings. The Kier molecular flexibility index (Phi) is 5.13. The number of hydrogen-bond donors (Lipinski definition) is 0. The molecule has 30 heavy (non-hydrogen) atoms. The molecule has 7 nitrogen and oxygen atoms in total. The van der Waals surface area contributed by atoms with Gasteiger partial charge >= 0.3 is 0 Å². The maximum absolute atomic E-state index is 12.9. The first-order valence-corrected chi connectivity index (χ1v) is 11.9. The van der Waals surface area contributed by atoms with Crippen LogP contribution in [0.2, 0.25) is 0 Å². The van der Waals surface area contributed by atoms with Crippen molar-refractivity contribution in [1.29, 1.82) is 0 Å². The van der Waals surface area contributed by atoms with E-state index in [4.69, 9.17) is 9.97 Å². The van der Waals surface area contributed by atoms with Crippen molar-refractivity contribution < 1.29 is 9.59 Å². The minimum atomic E-state index is 0.0545. The summed E-state index contributed by atoms with van der Waals surface area (Å²) in [4.78, 5) is 42.7. The van der Waals surface area contributed by atoms with Crippen LogP contribution in [0.4, 0.5) is 5.82 Å². The van der Waals surface area contributed by atoms with E-state index in [9.17, 15) is 9.59 Å². The van der Waals surface area contributed by atoms with Crippen molar-refractivity contribution in [2.75, 3.05) is 38.1 Å². The normalized spacial score (nSPS) is 19.1. The molecule has 3 aliphatic rings. The second-order valence-electron chi connectivity index (χ2n) is 8.76. The van der Waals surface area contributed by atoms with Crippen molar-refractivity contribution in [3.05, 3.63) is 16.3 Å². The van der Waals surface area contributed by atoms with E-state index < -0.39 is 0 Å². The molecule has 2 aromatic heterocycles. The van der Waals surface area contributed by atoms with Crippen molar-refractivity contribution in [1.82, 2.24) is 19.8 Å². The lowest BCUT2D eigenvalue weighted by molar-refractivity contribution is -0.138. The predicted molar refractivity (Wildman–Crippen MR) is 118 cm³/mol. The number of carbonyl (C=O) groups excluding carboxylic acids is 2. The Bertz CT molecular complexity index is 991. The molecule has 2 amide bonds. The second-order valence-corrected chi connectivity index (χ2v) is 9.84. The summed E-state index contributed by atoms with van der Waals surface area (Å²) in [7, 11) is 2.14. The number of rotatable bonds is 4. The van der Waals surface area contributed by atoms with Gasteiger partial charge in [-0.1, -0.05) is 0 Å². The smallest absolute Gasteiger partial charge is 0.230 e. The summed E-state index contributed by atoms with van der Waals surface area (Å²) < 4.78 is 0. The summed E-state index contributed by atoms with van der Waals surface area (Å²) >= 11 is 1.80. The summed E-state index contributed by atoms with van der Waals surface area (Å²) in [5.74, 6) is 1.78. The molecule has 1 saturated heterocycles. The molecule has 5 rings (SSSR count). The van der Waals surface area contributed by atoms with E-state index in [1.54, 1.807) is 23.2 Å². The Morgan fingerprint density at radius 3 is 2.47 bits per heavy atom. The lowest BCUT2D eigenvalue weighted by atomic mass is 9.97. The molecule has 0 radical (unpaired) electrons. The fraction of sp³-hybridized carbons (Fsp3) is 0.636. The largest absolute Gasteiger partial charge is 0.356 e. The topological polar surface area (TPSA) is 69.6 Å². The van der Waals surface area contributed by atoms with Crippen LogP contribution >= 0.6 is 11.3 Å². The van der Waals surface area contributed by atoms with Crippen molar-refractivity contribution in [2.45, 2.75) is 57.9 Å². The number of anilines is 1. The highest BCUT2D eigenvalue weighted by molar-refractivity contribution is 7.19. The molecule has 1 saturated carbocycles. The minimum Gasteiger partial charge on any atom is -0.356 e. The van der Waals surface area contributed by atoms with Crippen LogP contribution in [0.3, 0.4) is 0 Å². The number of carbonyl (C=O) groups is 2. The molecule has 1 aliphatic heterocycles. The standard InChI is InChI=1S/C22H29N5O2S/c1-14(28)26-9-11-27(12-10-26)19(29)13-18-23-21(25(2)15-7-8-15)20-16-5-3-4-6-17(16)30-22(20)24-18/h15H,3-13H2,1-2H3. The van der Waals surface area contributed by atoms with Crippen LogP contribution in [0.15, 0.2) is 0 Å². The van der Waals surface area contributed by atoms with E-state index in [0.717, 1.165) is 23.5 Å². The van der Waals surface area contributed by atoms with Crippen molar-refractivity contribution in [2.24, 2.45) is 0 Å². The van der Waals surface area contributed by atoms with Crippen molar-refractivity contribution in [3.8, 4) is 0 Å². The van der Waals surface area contributed by atoms with Crippen molar-refractivity contribution in [3.63, 3.8) is 0 Å². The first kappa shape index (κ1) is 19.7. The molecule has 0 bridgehead atoms. The highest BCUT2D eigenvalue weighted by Gasteiger charge is 2.31. The monoisotopic (exact) mass is 427 g/mol. The predicted octanol–water partition coefficient (Wildman–Crippen LogP) is 2.40. The Morgan fingerprint density at radius 1 is 1.07 bits per heavy atom. The SMILES string of the molecule is CC(=O)N1CCN(C(=O)Cc2nc(N(C)C3CC3)c3c4c(sc3n2)CCCC4)CC1. The van der Waals surface area contributed by atoms with Gasteiger partial charge in [-0.25, -0.2) is 9.97 Å². The summed E-state index contributed by atoms with van der Waals surface area (Å²) in [5, 5.41) is 1.23. The van der Waals surface area contributed by atoms with Crippen molar-refractivity contribution >= 4 is 39.2 Å². The third-order valence-electron chi connectivity index (χ3n) is 6.66. The van der Waals surface area contributed by atoms with Gasteiger partial charge in [-0.15, -0.1) is 11.3 Å². The van der Waals surface area contributed by atoms with Crippen LogP contribution in [0.5, 0.6) is 0 Å². The number of fused-ring (bicyclic) bond motifs is 3. The molecule has 0 spiro atoms. The fourth-order valence-corrected chi connectivity index (χ4v) is 5.94. The van der Waals surface area contributed by atoms with Gasteiger partial charge in [0, 0.05) is 51.1 Å². The minimum absolute atomic E-state index is 0.0545. The van der Waals surface area contributed by atoms with Gasteiger partial charge in [0.15, 0.2) is 0 Å². The lowest BCUT2D eigenvalue weighted by Crippen LogP contribution is -2.50. The molecule has 8 heteroatoms. The summed E-state index contributed by atoms with van der Waals surface area (Å²) in [6.45, 7) is 3.97. The van der Waals surface area contributed by atoms with Gasteiger partial charge in [0.2, 0.25) is 11.8 Å². The van der Waals surface area contributed by atoms with Gasteiger partial charge in [-0.3, -0.25) is 9.59 Å². The van der Waals surface area contributed by atoms with Gasteiger partial charge in [-0.2, -0.15) is 0 Å². The average Bonchev–Trinajstić information content (AvgIpc) is 3.53. The summed E-state index contributed by atoms with van der Waals surface area (Å²) in [5.41, 5.74) is 1.45. The number of aryl methyl sites for hydroxylation is 2. The quantitative estimate of drug-likeness (QED) is 0.749. The highest BCUT2D eigenvalue weighted by Crippen LogP contribution is 2.41. The van der Waals surface area contributed by atoms with E-state index in [1.807, 2.05) is 4.90 Å². The number of hydrogen-bond acceptors (Lipinski definition) is 6. The molecule has 0 unspecified atom stereocenters. The van der Waals surface area contributed by atoms with Gasteiger partial charge < -0.3 is 14.7 Å². The van der Waals surface area contributed by atoms with Crippen LogP contribution in [-0.4, -0.2) is 70.9 Å². The van der Waals surface area contributed by atoms with E-state index in [1.165, 1.54) is 41.5 Å². The Morgan fingerprint density at radius 2 is 1.77 bits per heavy atom. The third-order valence-corrected chi connectivity index (χ3v) is 7.84. The molecule has 160 valence electrons. The number of piperazine rings is 1. The highest BCUT2D eigenvalue weighted by atomic mass is 32.1. The second kappa shape index (κ2) is 7.80. The molecular formula is C22H29N5O2S. The maximum Gasteiger partial charge on any atom is 0.230 e. The number of aromatic nitrogens is 2. The average molecular weight is 428 g/mol. The van der Waals surface area contributed by atoms with E-state index in [-0.39, 0.29) is 18.2 Å². The van der Waals surface area contributed by atoms with Crippen LogP contribution in [-0.2, 0) is 28.9 Å². The molecular weight excluding hydrogens is 398 g/mol. The Hall–Kier alpha value is -2.22. The van der Waals surface area contributed by atoms with Crippen LogP contribution in [0.25, 0.3) is 10.2 Å². The zero-order valence-electron chi connectivity index (χ0n) is 17.8. The van der Waals surface area contributed by atoms with Crippen LogP contribution in [0.1, 0.15) is 48.9 Å². The zero-order valence-corrected chi connectivity index (χ0v) is 18.6. The molecule has 0 N–H and O–H groups in total. The van der Waals surface area contributed by atoms with E-state index in [0.29, 0.717) is 38.0 Å². The van der Waals surface area contributed by atoms with Crippen LogP contribution in [0, 0.1) is 0 Å². The van der Waals surface area contributed by atoms with Gasteiger partial charge in [0.1, 0.15) is 16.5 Å². The number of nitrogens with zero attached hydrogens (tertiary/aromatic N) is 5. The van der Waals surface area contributed by atoms with Gasteiger partial charge in [0.05, 0.1) is 11.8 Å². The zero-order chi connectivity index (χ0) is 20.8. The first-order chi connectivity index (χ1) is 14.5. The Balaban J connectivity index is 1.42. The molecule has 0 atom stereocenters. The number of amides is 2. The first-order valence-electron chi connectivity index (χ1n) is 11.1. The maximum atomic E-state index is 12.9. The van der Waals surface area contributed by atoms with Gasteiger partial charge in [0.25, 0.3) is 0 Å². The summed E-state index contributed by atoms with van der Waals surface area (Å²) in [6, 6.07) is 0.561. The Labute approximate surface area is 181 Å². The van der Waals surface area contributed by atoms with Crippen LogP contribution < -0.4 is 4.90 Å². The molecule has 2 aromatic rings. The van der Waals surface area contributed by atoms with E-state index >= 15 is 0 Å². The fourth-order valence-electron chi connectivity index (χ4n) is 4.67. The lowest BCUT2D eigenvalue weighted by Gasteiger charge is -2.34.